The predicted molar refractivity (Wildman–Crippen MR) is 132 cm³/mol. The van der Waals surface area contributed by atoms with Gasteiger partial charge in [-0.3, -0.25) is 4.72 Å². The van der Waals surface area contributed by atoms with Gasteiger partial charge in [0.15, 0.2) is 23.1 Å². The van der Waals surface area contributed by atoms with Crippen molar-refractivity contribution >= 4 is 32.8 Å². The molecule has 0 unspecified atom stereocenters. The molecule has 0 bridgehead atoms. The van der Waals surface area contributed by atoms with Crippen molar-refractivity contribution in [3.8, 4) is 5.75 Å². The molecule has 1 amide bonds. The third-order valence-corrected chi connectivity index (χ3v) is 6.51. The third-order valence-electron chi connectivity index (χ3n) is 5.27. The van der Waals surface area contributed by atoms with Gasteiger partial charge in [-0.15, -0.1) is 0 Å². The van der Waals surface area contributed by atoms with Crippen LogP contribution in [-0.2, 0) is 23.0 Å². The molecule has 0 fully saturated rings. The number of alkyl halides is 3. The van der Waals surface area contributed by atoms with Crippen LogP contribution in [0.5, 0.6) is 5.75 Å². The fourth-order valence-electron chi connectivity index (χ4n) is 3.65. The van der Waals surface area contributed by atoms with Crippen LogP contribution in [0.2, 0.25) is 0 Å². The smallest absolute Gasteiger partial charge is 0.414 e. The monoisotopic (exact) mass is 577 g/mol. The first-order chi connectivity index (χ1) is 18.0. The maximum absolute atomic E-state index is 15.2. The largest absolute Gasteiger partial charge is 0.422 e. The van der Waals surface area contributed by atoms with Crippen molar-refractivity contribution < 1.29 is 44.3 Å². The SMILES string of the molecule is CN(C)Cc1c(Cc2cccc(NS(=O)(=O)CC(F)(F)F)c2F)c(=O)oc2cc(OC(=O)N(C)C)c(F)cc12. The quantitative estimate of drug-likeness (QED) is 0.317. The van der Waals surface area contributed by atoms with Gasteiger partial charge in [0.25, 0.3) is 0 Å². The lowest BCUT2D eigenvalue weighted by molar-refractivity contribution is -0.106. The molecule has 0 aliphatic rings. The summed E-state index contributed by atoms with van der Waals surface area (Å²) in [6.07, 6.45) is -6.38. The zero-order chi connectivity index (χ0) is 29.3. The molecule has 1 heterocycles. The molecule has 1 aromatic heterocycles. The van der Waals surface area contributed by atoms with Crippen molar-refractivity contribution in [1.82, 2.24) is 9.80 Å². The number of nitrogens with zero attached hydrogens (tertiary/aromatic N) is 2. The standard InChI is InChI=1S/C24H24F5N3O6S/c1-31(2)11-16-14-9-17(25)20(38-23(34)32(3)4)10-19(14)37-22(33)15(16)8-13-6-5-7-18(21(13)26)30-39(35,36)12-24(27,28)29/h5-7,9-10,30H,8,11-12H2,1-4H3. The van der Waals surface area contributed by atoms with E-state index in [-0.39, 0.29) is 34.2 Å². The van der Waals surface area contributed by atoms with Gasteiger partial charge in [-0.2, -0.15) is 13.2 Å². The van der Waals surface area contributed by atoms with Gasteiger partial charge in [0.2, 0.25) is 10.0 Å². The molecule has 0 aliphatic carbocycles. The number of halogens is 5. The molecule has 2 aromatic carbocycles. The van der Waals surface area contributed by atoms with E-state index in [2.05, 4.69) is 0 Å². The van der Waals surface area contributed by atoms with Crippen molar-refractivity contribution in [3.63, 3.8) is 0 Å². The van der Waals surface area contributed by atoms with Gasteiger partial charge in [-0.1, -0.05) is 12.1 Å². The Labute approximate surface area is 219 Å². The number of nitrogens with one attached hydrogen (secondary N) is 1. The maximum Gasteiger partial charge on any atom is 0.414 e. The lowest BCUT2D eigenvalue weighted by Gasteiger charge is -2.18. The van der Waals surface area contributed by atoms with E-state index in [1.165, 1.54) is 26.2 Å². The summed E-state index contributed by atoms with van der Waals surface area (Å²) in [5, 5.41) is 0.128. The van der Waals surface area contributed by atoms with Gasteiger partial charge < -0.3 is 19.0 Å². The lowest BCUT2D eigenvalue weighted by atomic mass is 9.97. The summed E-state index contributed by atoms with van der Waals surface area (Å²) >= 11 is 0. The van der Waals surface area contributed by atoms with Crippen LogP contribution in [0.25, 0.3) is 11.0 Å². The number of sulfonamides is 1. The predicted octanol–water partition coefficient (Wildman–Crippen LogP) is 4.09. The number of fused-ring (bicyclic) bond motifs is 1. The Hall–Kier alpha value is -3.72. The van der Waals surface area contributed by atoms with E-state index in [1.807, 2.05) is 0 Å². The highest BCUT2D eigenvalue weighted by atomic mass is 32.2. The molecule has 39 heavy (non-hydrogen) atoms. The van der Waals surface area contributed by atoms with E-state index >= 15 is 4.39 Å². The zero-order valence-corrected chi connectivity index (χ0v) is 22.0. The summed E-state index contributed by atoms with van der Waals surface area (Å²) in [5.41, 5.74) is -1.86. The van der Waals surface area contributed by atoms with E-state index in [0.29, 0.717) is 0 Å². The van der Waals surface area contributed by atoms with E-state index in [0.717, 1.165) is 23.1 Å². The summed E-state index contributed by atoms with van der Waals surface area (Å²) in [6.45, 7) is 0.0627. The summed E-state index contributed by atoms with van der Waals surface area (Å²) in [7, 11) is 1.12. The minimum Gasteiger partial charge on any atom is -0.422 e. The highest BCUT2D eigenvalue weighted by Gasteiger charge is 2.35. The molecule has 1 N–H and O–H groups in total. The Morgan fingerprint density at radius 1 is 1.08 bits per heavy atom. The summed E-state index contributed by atoms with van der Waals surface area (Å²) in [4.78, 5) is 27.6. The fourth-order valence-corrected chi connectivity index (χ4v) is 4.64. The van der Waals surface area contributed by atoms with Crippen LogP contribution in [0, 0.1) is 11.6 Å². The van der Waals surface area contributed by atoms with Gasteiger partial charge in [0, 0.05) is 44.1 Å². The molecule has 0 aliphatic heterocycles. The first kappa shape index (κ1) is 29.8. The highest BCUT2D eigenvalue weighted by molar-refractivity contribution is 7.92. The van der Waals surface area contributed by atoms with Crippen LogP contribution < -0.4 is 15.1 Å². The fraction of sp³-hybridized carbons (Fsp3) is 0.333. The first-order valence-electron chi connectivity index (χ1n) is 11.1. The van der Waals surface area contributed by atoms with E-state index in [9.17, 15) is 35.6 Å². The molecule has 9 nitrogen and oxygen atoms in total. The van der Waals surface area contributed by atoms with Crippen LogP contribution in [-0.4, -0.2) is 64.4 Å². The molecule has 3 aromatic rings. The van der Waals surface area contributed by atoms with E-state index in [1.54, 1.807) is 23.7 Å². The second kappa shape index (κ2) is 11.2. The average Bonchev–Trinajstić information content (AvgIpc) is 2.77. The number of hydrogen-bond acceptors (Lipinski definition) is 7. The number of amides is 1. The van der Waals surface area contributed by atoms with Gasteiger partial charge in [0.05, 0.1) is 5.69 Å². The third kappa shape index (κ3) is 7.44. The van der Waals surface area contributed by atoms with Crippen molar-refractivity contribution in [3.05, 3.63) is 69.1 Å². The van der Waals surface area contributed by atoms with Crippen molar-refractivity contribution in [2.45, 2.75) is 19.1 Å². The van der Waals surface area contributed by atoms with Crippen molar-refractivity contribution in [2.24, 2.45) is 0 Å². The maximum atomic E-state index is 15.2. The Kier molecular flexibility index (Phi) is 8.55. The zero-order valence-electron chi connectivity index (χ0n) is 21.2. The number of ether oxygens (including phenoxy) is 1. The lowest BCUT2D eigenvalue weighted by Crippen LogP contribution is -2.28. The Morgan fingerprint density at radius 3 is 2.33 bits per heavy atom. The molecule has 3 rings (SSSR count). The molecule has 0 atom stereocenters. The normalized spacial score (nSPS) is 12.2. The minimum atomic E-state index is -5.05. The van der Waals surface area contributed by atoms with Gasteiger partial charge in [-0.25, -0.2) is 26.8 Å². The molecular weight excluding hydrogens is 553 g/mol. The second-order valence-electron chi connectivity index (χ2n) is 9.06. The van der Waals surface area contributed by atoms with Crippen LogP contribution in [0.4, 0.5) is 32.4 Å². The number of carbonyl (C=O) groups is 1. The molecular formula is C24H24F5N3O6S. The number of benzene rings is 2. The Balaban J connectivity index is 2.09. The van der Waals surface area contributed by atoms with Crippen molar-refractivity contribution in [1.29, 1.82) is 0 Å². The van der Waals surface area contributed by atoms with Crippen LogP contribution in [0.15, 0.2) is 39.5 Å². The molecule has 15 heteroatoms. The summed E-state index contributed by atoms with van der Waals surface area (Å²) < 4.78 is 103. The van der Waals surface area contributed by atoms with Crippen molar-refractivity contribution in [2.75, 3.05) is 38.7 Å². The summed E-state index contributed by atoms with van der Waals surface area (Å²) in [5.74, 6) is -4.85. The number of anilines is 1. The molecule has 212 valence electrons. The topological polar surface area (TPSA) is 109 Å². The molecule has 0 radical (unpaired) electrons. The number of hydrogen-bond donors (Lipinski definition) is 1. The first-order valence-corrected chi connectivity index (χ1v) is 12.8. The van der Waals surface area contributed by atoms with E-state index < -0.39 is 63.2 Å². The summed E-state index contributed by atoms with van der Waals surface area (Å²) in [6, 6.07) is 5.37. The second-order valence-corrected chi connectivity index (χ2v) is 10.8. The Morgan fingerprint density at radius 2 is 1.74 bits per heavy atom. The molecule has 0 saturated carbocycles. The highest BCUT2D eigenvalue weighted by Crippen LogP contribution is 2.31. The van der Waals surface area contributed by atoms with Gasteiger partial charge in [-0.05, 0) is 37.4 Å². The molecule has 0 saturated heterocycles. The van der Waals surface area contributed by atoms with E-state index in [4.69, 9.17) is 9.15 Å². The van der Waals surface area contributed by atoms with Crippen LogP contribution in [0.3, 0.4) is 0 Å². The number of carbonyl (C=O) groups excluding carboxylic acids is 1. The number of rotatable bonds is 8. The average molecular weight is 578 g/mol. The van der Waals surface area contributed by atoms with Crippen LogP contribution in [0.1, 0.15) is 16.7 Å². The Bertz CT molecular complexity index is 1570. The van der Waals surface area contributed by atoms with Gasteiger partial charge >= 0.3 is 17.9 Å². The minimum absolute atomic E-state index is 0.0627. The van der Waals surface area contributed by atoms with Crippen LogP contribution >= 0.6 is 0 Å². The van der Waals surface area contributed by atoms with Gasteiger partial charge in [0.1, 0.15) is 5.58 Å². The molecule has 0 spiro atoms.